The summed E-state index contributed by atoms with van der Waals surface area (Å²) in [4.78, 5) is 43.6. The van der Waals surface area contributed by atoms with E-state index in [2.05, 4.69) is 10.5 Å². The van der Waals surface area contributed by atoms with Crippen LogP contribution in [0, 0.1) is 0 Å². The van der Waals surface area contributed by atoms with Crippen LogP contribution in [0.1, 0.15) is 23.3 Å². The number of rotatable bonds is 5. The van der Waals surface area contributed by atoms with E-state index in [1.165, 1.54) is 6.20 Å². The Bertz CT molecular complexity index is 1270. The van der Waals surface area contributed by atoms with Crippen molar-refractivity contribution in [1.82, 2.24) is 15.0 Å². The first-order chi connectivity index (χ1) is 16.0. The lowest BCUT2D eigenvalue weighted by atomic mass is 9.96. The molecule has 170 valence electrons. The van der Waals surface area contributed by atoms with Crippen LogP contribution in [-0.2, 0) is 14.4 Å². The van der Waals surface area contributed by atoms with Gasteiger partial charge < -0.3 is 14.9 Å². The fourth-order valence-corrected chi connectivity index (χ4v) is 4.42. The number of carbonyl (C=O) groups is 1. The van der Waals surface area contributed by atoms with Gasteiger partial charge in [-0.05, 0) is 22.3 Å². The Labute approximate surface area is 187 Å². The van der Waals surface area contributed by atoms with Crippen LogP contribution in [-0.4, -0.2) is 50.6 Å². The topological polar surface area (TPSA) is 143 Å². The second-order valence-electron chi connectivity index (χ2n) is 7.95. The molecule has 2 aromatic carbocycles. The van der Waals surface area contributed by atoms with Crippen molar-refractivity contribution in [3.63, 3.8) is 0 Å². The summed E-state index contributed by atoms with van der Waals surface area (Å²) in [5.74, 6) is -0.932. The average molecular weight is 451 g/mol. The second-order valence-corrected chi connectivity index (χ2v) is 7.95. The lowest BCUT2D eigenvalue weighted by Crippen LogP contribution is -2.38. The number of fused-ring (bicyclic) bond motifs is 3. The zero-order valence-electron chi connectivity index (χ0n) is 17.3. The van der Waals surface area contributed by atoms with Gasteiger partial charge in [0.05, 0.1) is 5.92 Å². The van der Waals surface area contributed by atoms with Crippen molar-refractivity contribution in [3.8, 4) is 11.1 Å². The maximum absolute atomic E-state index is 13.0. The van der Waals surface area contributed by atoms with Gasteiger partial charge in [-0.2, -0.15) is 0 Å². The molecule has 4 atom stereocenters. The smallest absolute Gasteiger partial charge is 0.330 e. The van der Waals surface area contributed by atoms with E-state index < -0.39 is 41.7 Å². The molecule has 2 heterocycles. The molecule has 1 saturated heterocycles. The summed E-state index contributed by atoms with van der Waals surface area (Å²) in [5, 5.41) is 20.6. The van der Waals surface area contributed by atoms with Gasteiger partial charge in [-0.25, -0.2) is 10.3 Å². The molecule has 33 heavy (non-hydrogen) atoms. The number of aromatic nitrogens is 2. The van der Waals surface area contributed by atoms with E-state index in [1.54, 1.807) is 0 Å². The van der Waals surface area contributed by atoms with Crippen LogP contribution >= 0.6 is 0 Å². The Morgan fingerprint density at radius 2 is 1.64 bits per heavy atom. The summed E-state index contributed by atoms with van der Waals surface area (Å²) in [6.45, 7) is -0.269. The zero-order chi connectivity index (χ0) is 23.1. The number of nitrogens with one attached hydrogen (secondary N) is 2. The first kappa shape index (κ1) is 21.3. The minimum absolute atomic E-state index is 0.269. The Kier molecular flexibility index (Phi) is 5.43. The predicted molar refractivity (Wildman–Crippen MR) is 115 cm³/mol. The molecule has 1 fully saturated rings. The summed E-state index contributed by atoms with van der Waals surface area (Å²) in [6.07, 6.45) is -3.89. The first-order valence-corrected chi connectivity index (χ1v) is 10.4. The van der Waals surface area contributed by atoms with Crippen LogP contribution in [0.15, 0.2) is 70.4 Å². The van der Waals surface area contributed by atoms with E-state index in [4.69, 9.17) is 9.57 Å². The fourth-order valence-electron chi connectivity index (χ4n) is 4.42. The first-order valence-electron chi connectivity index (χ1n) is 10.4. The molecule has 10 heteroatoms. The van der Waals surface area contributed by atoms with Crippen molar-refractivity contribution in [2.45, 2.75) is 30.5 Å². The summed E-state index contributed by atoms with van der Waals surface area (Å²) in [5.41, 5.74) is 4.74. The molecule has 0 radical (unpaired) electrons. The molecule has 0 bridgehead atoms. The summed E-state index contributed by atoms with van der Waals surface area (Å²) in [6, 6.07) is 16.4. The Hall–Kier alpha value is -3.57. The highest BCUT2D eigenvalue weighted by atomic mass is 16.7. The van der Waals surface area contributed by atoms with Crippen LogP contribution in [0.25, 0.3) is 11.1 Å². The lowest BCUT2D eigenvalue weighted by Gasteiger charge is -2.17. The predicted octanol–water partition coefficient (Wildman–Crippen LogP) is 0.0161. The van der Waals surface area contributed by atoms with Gasteiger partial charge in [-0.15, -0.1) is 0 Å². The van der Waals surface area contributed by atoms with Gasteiger partial charge in [0.15, 0.2) is 6.23 Å². The number of aliphatic hydroxyl groups is 2. The Morgan fingerprint density at radius 3 is 2.27 bits per heavy atom. The third-order valence-corrected chi connectivity index (χ3v) is 5.98. The van der Waals surface area contributed by atoms with Crippen LogP contribution < -0.4 is 16.7 Å². The van der Waals surface area contributed by atoms with Gasteiger partial charge in [0.25, 0.3) is 11.5 Å². The van der Waals surface area contributed by atoms with Gasteiger partial charge in [-0.1, -0.05) is 48.5 Å². The molecule has 2 aliphatic rings. The van der Waals surface area contributed by atoms with E-state index in [-0.39, 0.29) is 12.5 Å². The van der Waals surface area contributed by atoms with E-state index in [9.17, 15) is 24.6 Å². The van der Waals surface area contributed by atoms with Gasteiger partial charge >= 0.3 is 5.69 Å². The van der Waals surface area contributed by atoms with E-state index in [0.29, 0.717) is 0 Å². The number of hydrogen-bond donors (Lipinski definition) is 4. The quantitative estimate of drug-likeness (QED) is 0.401. The maximum Gasteiger partial charge on any atom is 0.330 e. The molecule has 10 nitrogen and oxygen atoms in total. The minimum atomic E-state index is -1.44. The molecule has 0 unspecified atom stereocenters. The standard InChI is InChI=1S/C23H21N3O7/c27-17-9-10-26(23(31)24-17)22-20(29)19(28)16(33-22)11-32-25-21(30)18-14-7-3-1-5-12(14)13-6-2-4-8-15(13)18/h1-10,16,18-20,22,28-29H,11H2,(H,25,30)(H,24,27,31)/t16-,19-,20-,22-/m1/s1. The van der Waals surface area contributed by atoms with E-state index in [1.807, 2.05) is 48.5 Å². The average Bonchev–Trinajstić information content (AvgIpc) is 3.29. The number of aliphatic hydroxyl groups excluding tert-OH is 2. The van der Waals surface area contributed by atoms with E-state index >= 15 is 0 Å². The number of H-pyrrole nitrogens is 1. The summed E-state index contributed by atoms with van der Waals surface area (Å²) >= 11 is 0. The molecule has 1 amide bonds. The van der Waals surface area contributed by atoms with Gasteiger partial charge in [-0.3, -0.25) is 24.0 Å². The number of hydrogen-bond acceptors (Lipinski definition) is 7. The molecule has 0 saturated carbocycles. The normalized spacial score (nSPS) is 23.8. The number of ether oxygens (including phenoxy) is 1. The van der Waals surface area contributed by atoms with Crippen molar-refractivity contribution >= 4 is 5.91 Å². The highest BCUT2D eigenvalue weighted by Gasteiger charge is 2.44. The summed E-state index contributed by atoms with van der Waals surface area (Å²) < 4.78 is 6.55. The van der Waals surface area contributed by atoms with E-state index in [0.717, 1.165) is 32.9 Å². The third-order valence-electron chi connectivity index (χ3n) is 5.98. The third kappa shape index (κ3) is 3.68. The molecule has 1 aromatic heterocycles. The van der Waals surface area contributed by atoms with Crippen molar-refractivity contribution in [1.29, 1.82) is 0 Å². The number of nitrogens with zero attached hydrogens (tertiary/aromatic N) is 1. The minimum Gasteiger partial charge on any atom is -0.387 e. The van der Waals surface area contributed by atoms with Crippen molar-refractivity contribution in [2.24, 2.45) is 0 Å². The van der Waals surface area contributed by atoms with Crippen molar-refractivity contribution in [2.75, 3.05) is 6.61 Å². The molecule has 0 spiro atoms. The maximum atomic E-state index is 13.0. The highest BCUT2D eigenvalue weighted by Crippen LogP contribution is 2.44. The number of amides is 1. The molecule has 3 aromatic rings. The van der Waals surface area contributed by atoms with Gasteiger partial charge in [0.1, 0.15) is 24.9 Å². The molecule has 5 rings (SSSR count). The second kappa shape index (κ2) is 8.41. The van der Waals surface area contributed by atoms with Crippen LogP contribution in [0.2, 0.25) is 0 Å². The molecular formula is C23H21N3O7. The number of aromatic amines is 1. The highest BCUT2D eigenvalue weighted by molar-refractivity contribution is 5.95. The molecule has 1 aliphatic carbocycles. The number of benzene rings is 2. The Morgan fingerprint density at radius 1 is 1.00 bits per heavy atom. The molecule has 1 aliphatic heterocycles. The lowest BCUT2D eigenvalue weighted by molar-refractivity contribution is -0.140. The van der Waals surface area contributed by atoms with Crippen molar-refractivity contribution < 1.29 is 24.6 Å². The SMILES string of the molecule is O=C(NOC[C@H]1O[C@@H](n2ccc(=O)[nH]c2=O)[C@H](O)[C@@H]1O)C1c2ccccc2-c2ccccc21. The number of carbonyl (C=O) groups excluding carboxylic acids is 1. The Balaban J connectivity index is 1.26. The largest absolute Gasteiger partial charge is 0.387 e. The van der Waals surface area contributed by atoms with Crippen LogP contribution in [0.4, 0.5) is 0 Å². The fraction of sp³-hybridized carbons (Fsp3) is 0.261. The van der Waals surface area contributed by atoms with Gasteiger partial charge in [0.2, 0.25) is 0 Å². The van der Waals surface area contributed by atoms with Crippen LogP contribution in [0.5, 0.6) is 0 Å². The molecular weight excluding hydrogens is 430 g/mol. The summed E-state index contributed by atoms with van der Waals surface area (Å²) in [7, 11) is 0. The monoisotopic (exact) mass is 451 g/mol. The zero-order valence-corrected chi connectivity index (χ0v) is 17.3. The van der Waals surface area contributed by atoms with Gasteiger partial charge in [0, 0.05) is 12.3 Å². The number of hydroxylamine groups is 1. The van der Waals surface area contributed by atoms with Crippen LogP contribution in [0.3, 0.4) is 0 Å². The van der Waals surface area contributed by atoms with Crippen molar-refractivity contribution in [3.05, 3.63) is 92.8 Å². The molecule has 4 N–H and O–H groups in total.